The summed E-state index contributed by atoms with van der Waals surface area (Å²) in [7, 11) is 0. The van der Waals surface area contributed by atoms with Crippen molar-refractivity contribution in [1.82, 2.24) is 9.13 Å². The Labute approximate surface area is 195 Å². The Kier molecular flexibility index (Phi) is 7.71. The Bertz CT molecular complexity index is 799. The number of hydrogen-bond acceptors (Lipinski definition) is 6. The molecule has 8 heteroatoms. The fourth-order valence-corrected chi connectivity index (χ4v) is 9.92. The van der Waals surface area contributed by atoms with E-state index in [0.29, 0.717) is 22.0 Å². The van der Waals surface area contributed by atoms with Crippen LogP contribution in [-0.2, 0) is 0 Å². The summed E-state index contributed by atoms with van der Waals surface area (Å²) in [5.41, 5.74) is 0. The lowest BCUT2D eigenvalue weighted by Gasteiger charge is -2.15. The minimum absolute atomic E-state index is 0.203. The van der Waals surface area contributed by atoms with E-state index in [9.17, 15) is 9.59 Å². The highest BCUT2D eigenvalue weighted by Gasteiger charge is 2.38. The first-order chi connectivity index (χ1) is 14.6. The van der Waals surface area contributed by atoms with Crippen LogP contribution >= 0.6 is 47.0 Å². The van der Waals surface area contributed by atoms with Gasteiger partial charge in [0.2, 0.25) is 11.8 Å². The third-order valence-corrected chi connectivity index (χ3v) is 11.7. The van der Waals surface area contributed by atoms with Crippen molar-refractivity contribution in [3.8, 4) is 0 Å². The monoisotopic (exact) mass is 480 g/mol. The lowest BCUT2D eigenvalue weighted by atomic mass is 10.2. The molecule has 0 saturated heterocycles. The molecular formula is C22H28N2O2S4. The number of aromatic nitrogens is 2. The second kappa shape index (κ2) is 10.3. The molecule has 0 amide bonds. The number of unbranched alkanes of at least 4 members (excludes halogenated alkanes) is 4. The largest absolute Gasteiger partial charge is 0.292 e. The number of nitrogens with zero attached hydrogens (tertiary/aromatic N) is 2. The Morgan fingerprint density at radius 1 is 0.667 bits per heavy atom. The molecule has 30 heavy (non-hydrogen) atoms. The van der Waals surface area contributed by atoms with Gasteiger partial charge in [-0.1, -0.05) is 39.5 Å². The van der Waals surface area contributed by atoms with Crippen LogP contribution in [0.2, 0.25) is 0 Å². The molecule has 2 aliphatic heterocycles. The maximum atomic E-state index is 12.4. The van der Waals surface area contributed by atoms with Gasteiger partial charge in [-0.25, -0.2) is 0 Å². The van der Waals surface area contributed by atoms with Crippen molar-refractivity contribution in [2.45, 2.75) is 94.0 Å². The Balaban J connectivity index is 1.30. The zero-order chi connectivity index (χ0) is 21.1. The SMILES string of the molecule is CCCCCC(=O)n1cc2c(c1)SC(C1Sc3cn(C(=O)CCCCC)cc3S1)S2. The molecule has 2 aromatic heterocycles. The van der Waals surface area contributed by atoms with Crippen molar-refractivity contribution in [3.05, 3.63) is 24.8 Å². The summed E-state index contributed by atoms with van der Waals surface area (Å²) in [6.07, 6.45) is 15.8. The minimum atomic E-state index is 0.203. The van der Waals surface area contributed by atoms with Crippen molar-refractivity contribution in [2.75, 3.05) is 0 Å². The van der Waals surface area contributed by atoms with Crippen molar-refractivity contribution in [1.29, 1.82) is 0 Å². The molecule has 4 heterocycles. The van der Waals surface area contributed by atoms with Crippen LogP contribution in [0.4, 0.5) is 0 Å². The number of carbonyl (C=O) groups is 2. The Morgan fingerprint density at radius 2 is 1.00 bits per heavy atom. The van der Waals surface area contributed by atoms with Crippen LogP contribution in [-0.4, -0.2) is 30.1 Å². The van der Waals surface area contributed by atoms with Gasteiger partial charge in [0.05, 0.1) is 9.16 Å². The predicted octanol–water partition coefficient (Wildman–Crippen LogP) is 7.48. The summed E-state index contributed by atoms with van der Waals surface area (Å²) in [5.74, 6) is 0.405. The van der Waals surface area contributed by atoms with Crippen LogP contribution in [0.3, 0.4) is 0 Å². The molecule has 0 spiro atoms. The highest BCUT2D eigenvalue weighted by molar-refractivity contribution is 8.26. The molecule has 4 nitrogen and oxygen atoms in total. The van der Waals surface area contributed by atoms with E-state index in [1.165, 1.54) is 19.6 Å². The first-order valence-corrected chi connectivity index (χ1v) is 14.3. The molecule has 0 radical (unpaired) electrons. The predicted molar refractivity (Wildman–Crippen MR) is 129 cm³/mol. The topological polar surface area (TPSA) is 44.0 Å². The molecule has 162 valence electrons. The third-order valence-electron chi connectivity index (χ3n) is 5.27. The standard InChI is InChI=1S/C22H28N2O2S4/c1-3-5-7-9-19(25)23-11-15-16(12-23)28-21(27-15)22-29-17-13-24(14-18(17)30-22)20(26)10-8-6-4-2/h11-14,21-22H,3-10H2,1-2H3. The van der Waals surface area contributed by atoms with Crippen molar-refractivity contribution in [2.24, 2.45) is 0 Å². The van der Waals surface area contributed by atoms with Crippen LogP contribution in [0.1, 0.15) is 74.8 Å². The van der Waals surface area contributed by atoms with Gasteiger partial charge in [0.1, 0.15) is 0 Å². The summed E-state index contributed by atoms with van der Waals surface area (Å²) >= 11 is 7.49. The molecule has 2 aliphatic rings. The van der Waals surface area contributed by atoms with Gasteiger partial charge in [0.25, 0.3) is 0 Å². The molecule has 0 fully saturated rings. The van der Waals surface area contributed by atoms with Gasteiger partial charge in [0.15, 0.2) is 0 Å². The van der Waals surface area contributed by atoms with Crippen molar-refractivity contribution >= 4 is 58.9 Å². The van der Waals surface area contributed by atoms with Gasteiger partial charge in [-0.2, -0.15) is 0 Å². The molecule has 0 atom stereocenters. The highest BCUT2D eigenvalue weighted by Crippen LogP contribution is 2.60. The van der Waals surface area contributed by atoms with Gasteiger partial charge >= 0.3 is 0 Å². The van der Waals surface area contributed by atoms with E-state index in [2.05, 4.69) is 13.8 Å². The average molecular weight is 481 g/mol. The van der Waals surface area contributed by atoms with Crippen molar-refractivity contribution < 1.29 is 9.59 Å². The molecule has 0 bridgehead atoms. The minimum Gasteiger partial charge on any atom is -0.292 e. The van der Waals surface area contributed by atoms with E-state index in [1.807, 2.05) is 71.8 Å². The fraction of sp³-hybridized carbons (Fsp3) is 0.545. The molecule has 2 aromatic rings. The molecule has 0 N–H and O–H groups in total. The summed E-state index contributed by atoms with van der Waals surface area (Å²) in [4.78, 5) is 29.6. The molecule has 0 aliphatic carbocycles. The second-order valence-corrected chi connectivity index (χ2v) is 13.0. The quantitative estimate of drug-likeness (QED) is 0.347. The normalized spacial score (nSPS) is 16.2. The summed E-state index contributed by atoms with van der Waals surface area (Å²) in [6, 6.07) is 0. The Morgan fingerprint density at radius 3 is 1.30 bits per heavy atom. The third kappa shape index (κ3) is 5.03. The number of rotatable bonds is 9. The smallest absolute Gasteiger partial charge is 0.230 e. The maximum absolute atomic E-state index is 12.4. The lowest BCUT2D eigenvalue weighted by molar-refractivity contribution is 0.0890. The number of thioether (sulfide) groups is 4. The molecule has 0 unspecified atom stereocenters. The van der Waals surface area contributed by atoms with Gasteiger partial charge in [-0.3, -0.25) is 18.7 Å². The molecule has 0 saturated carbocycles. The van der Waals surface area contributed by atoms with Gasteiger partial charge in [-0.15, -0.1) is 47.0 Å². The van der Waals surface area contributed by atoms with Crippen LogP contribution in [0.25, 0.3) is 0 Å². The van der Waals surface area contributed by atoms with E-state index in [4.69, 9.17) is 0 Å². The van der Waals surface area contributed by atoms with E-state index in [0.717, 1.165) is 38.5 Å². The molecule has 4 rings (SSSR count). The van der Waals surface area contributed by atoms with Gasteiger partial charge < -0.3 is 0 Å². The summed E-state index contributed by atoms with van der Waals surface area (Å²) < 4.78 is 4.42. The number of hydrogen-bond donors (Lipinski definition) is 0. The highest BCUT2D eigenvalue weighted by atomic mass is 32.2. The summed E-state index contributed by atoms with van der Waals surface area (Å²) in [6.45, 7) is 4.31. The van der Waals surface area contributed by atoms with Crippen LogP contribution < -0.4 is 0 Å². The first kappa shape index (κ1) is 22.5. The number of fused-ring (bicyclic) bond motifs is 2. The van der Waals surface area contributed by atoms with Crippen LogP contribution in [0.15, 0.2) is 44.4 Å². The zero-order valence-corrected chi connectivity index (χ0v) is 20.7. The zero-order valence-electron chi connectivity index (χ0n) is 17.5. The average Bonchev–Trinajstić information content (AvgIpc) is 3.45. The molecule has 0 aromatic carbocycles. The van der Waals surface area contributed by atoms with E-state index >= 15 is 0 Å². The van der Waals surface area contributed by atoms with Gasteiger partial charge in [-0.05, 0) is 12.8 Å². The number of carbonyl (C=O) groups excluding carboxylic acids is 2. The Hall–Kier alpha value is -0.700. The summed E-state index contributed by atoms with van der Waals surface area (Å²) in [5, 5.41) is 0. The molecular weight excluding hydrogens is 453 g/mol. The van der Waals surface area contributed by atoms with Crippen LogP contribution in [0.5, 0.6) is 0 Å². The second-order valence-electron chi connectivity index (χ2n) is 7.70. The fourth-order valence-electron chi connectivity index (χ4n) is 3.56. The van der Waals surface area contributed by atoms with E-state index in [-0.39, 0.29) is 11.8 Å². The van der Waals surface area contributed by atoms with Gasteiger partial charge in [0, 0.05) is 57.2 Å². The lowest BCUT2D eigenvalue weighted by Crippen LogP contribution is -2.10. The first-order valence-electron chi connectivity index (χ1n) is 10.8. The van der Waals surface area contributed by atoms with Crippen LogP contribution in [0, 0.1) is 0 Å². The maximum Gasteiger partial charge on any atom is 0.230 e. The van der Waals surface area contributed by atoms with Crippen molar-refractivity contribution in [3.63, 3.8) is 0 Å². The van der Waals surface area contributed by atoms with E-state index < -0.39 is 0 Å². The van der Waals surface area contributed by atoms with E-state index in [1.54, 1.807) is 9.13 Å².